The van der Waals surface area contributed by atoms with Crippen molar-refractivity contribution in [2.45, 2.75) is 46.2 Å². The zero-order valence-electron chi connectivity index (χ0n) is 20.7. The van der Waals surface area contributed by atoms with Crippen molar-refractivity contribution < 1.29 is 9.59 Å². The molecule has 0 saturated heterocycles. The summed E-state index contributed by atoms with van der Waals surface area (Å²) in [7, 11) is 3.99. The van der Waals surface area contributed by atoms with Gasteiger partial charge in [0.1, 0.15) is 0 Å². The zero-order chi connectivity index (χ0) is 24.7. The summed E-state index contributed by atoms with van der Waals surface area (Å²) in [6, 6.07) is 19.7. The van der Waals surface area contributed by atoms with E-state index in [-0.39, 0.29) is 23.8 Å². The number of thiophene rings is 1. The fraction of sp³-hybridized carbons (Fsp3) is 0.357. The fourth-order valence-corrected chi connectivity index (χ4v) is 4.82. The molecule has 180 valence electrons. The number of anilines is 2. The van der Waals surface area contributed by atoms with Crippen LogP contribution in [0.1, 0.15) is 60.5 Å². The number of nitrogens with one attached hydrogen (secondary N) is 1. The van der Waals surface area contributed by atoms with E-state index in [1.165, 1.54) is 11.3 Å². The largest absolute Gasteiger partial charge is 0.377 e. The van der Waals surface area contributed by atoms with Gasteiger partial charge in [-0.25, -0.2) is 0 Å². The van der Waals surface area contributed by atoms with E-state index in [4.69, 9.17) is 0 Å². The van der Waals surface area contributed by atoms with E-state index < -0.39 is 0 Å². The monoisotopic (exact) mass is 477 g/mol. The van der Waals surface area contributed by atoms with Gasteiger partial charge >= 0.3 is 0 Å². The van der Waals surface area contributed by atoms with Gasteiger partial charge in [-0.15, -0.1) is 11.3 Å². The van der Waals surface area contributed by atoms with Crippen molar-refractivity contribution in [3.8, 4) is 0 Å². The van der Waals surface area contributed by atoms with Crippen LogP contribution in [-0.2, 0) is 11.3 Å². The molecule has 1 N–H and O–H groups in total. The highest BCUT2D eigenvalue weighted by Crippen LogP contribution is 2.31. The van der Waals surface area contributed by atoms with Crippen LogP contribution in [-0.4, -0.2) is 30.8 Å². The van der Waals surface area contributed by atoms with Crippen molar-refractivity contribution in [1.82, 2.24) is 4.90 Å². The smallest absolute Gasteiger partial charge is 0.265 e. The minimum Gasteiger partial charge on any atom is -0.377 e. The molecular weight excluding hydrogens is 442 g/mol. The van der Waals surface area contributed by atoms with Gasteiger partial charge in [0.2, 0.25) is 5.91 Å². The van der Waals surface area contributed by atoms with Crippen LogP contribution in [0, 0.1) is 5.92 Å². The van der Waals surface area contributed by atoms with Gasteiger partial charge in [-0.1, -0.05) is 50.2 Å². The molecule has 0 fully saturated rings. The van der Waals surface area contributed by atoms with E-state index >= 15 is 0 Å². The third-order valence-electron chi connectivity index (χ3n) is 6.27. The highest BCUT2D eigenvalue weighted by Gasteiger charge is 2.27. The summed E-state index contributed by atoms with van der Waals surface area (Å²) >= 11 is 1.41. The number of nitrogens with zero attached hydrogens (tertiary/aromatic N) is 2. The molecule has 3 rings (SSSR count). The van der Waals surface area contributed by atoms with Crippen LogP contribution in [0.2, 0.25) is 0 Å². The second-order valence-corrected chi connectivity index (χ2v) is 9.68. The van der Waals surface area contributed by atoms with Crippen molar-refractivity contribution in [1.29, 1.82) is 0 Å². The Balaban J connectivity index is 1.97. The Morgan fingerprint density at radius 1 is 0.971 bits per heavy atom. The molecule has 0 aliphatic heterocycles. The van der Waals surface area contributed by atoms with Crippen LogP contribution in [0.5, 0.6) is 0 Å². The lowest BCUT2D eigenvalue weighted by molar-refractivity contribution is -0.138. The molecule has 5 nitrogen and oxygen atoms in total. The maximum Gasteiger partial charge on any atom is 0.265 e. The highest BCUT2D eigenvalue weighted by atomic mass is 32.1. The predicted molar refractivity (Wildman–Crippen MR) is 143 cm³/mol. The van der Waals surface area contributed by atoms with E-state index in [0.29, 0.717) is 11.4 Å². The van der Waals surface area contributed by atoms with Gasteiger partial charge in [0.05, 0.1) is 10.9 Å². The van der Waals surface area contributed by atoms with E-state index in [1.807, 2.05) is 77.8 Å². The van der Waals surface area contributed by atoms with Crippen molar-refractivity contribution in [3.63, 3.8) is 0 Å². The average molecular weight is 478 g/mol. The maximum atomic E-state index is 13.7. The zero-order valence-corrected chi connectivity index (χ0v) is 21.6. The third kappa shape index (κ3) is 6.06. The van der Waals surface area contributed by atoms with Gasteiger partial charge in [0, 0.05) is 37.9 Å². The lowest BCUT2D eigenvalue weighted by atomic mass is 9.98. The van der Waals surface area contributed by atoms with Gasteiger partial charge in [-0.2, -0.15) is 0 Å². The predicted octanol–water partition coefficient (Wildman–Crippen LogP) is 6.59. The maximum absolute atomic E-state index is 13.7. The Hall–Kier alpha value is -3.12. The molecule has 2 amide bonds. The van der Waals surface area contributed by atoms with Crippen LogP contribution in [0.15, 0.2) is 66.0 Å². The van der Waals surface area contributed by atoms with Crippen LogP contribution >= 0.6 is 11.3 Å². The van der Waals surface area contributed by atoms with Crippen molar-refractivity contribution in [2.24, 2.45) is 5.92 Å². The summed E-state index contributed by atoms with van der Waals surface area (Å²) in [5, 5.41) is 4.90. The number of benzene rings is 2. The molecule has 2 aromatic carbocycles. The minimum atomic E-state index is -0.124. The highest BCUT2D eigenvalue weighted by molar-refractivity contribution is 7.12. The first kappa shape index (κ1) is 25.5. The molecule has 1 heterocycles. The summed E-state index contributed by atoms with van der Waals surface area (Å²) in [4.78, 5) is 31.0. The molecule has 1 unspecified atom stereocenters. The first-order chi connectivity index (χ1) is 16.3. The van der Waals surface area contributed by atoms with Gasteiger partial charge in [0.15, 0.2) is 0 Å². The molecule has 1 atom stereocenters. The molecule has 6 heteroatoms. The van der Waals surface area contributed by atoms with Crippen LogP contribution < -0.4 is 10.2 Å². The van der Waals surface area contributed by atoms with E-state index in [9.17, 15) is 9.59 Å². The number of rotatable bonds is 10. The Labute approximate surface area is 207 Å². The number of amides is 2. The first-order valence-electron chi connectivity index (χ1n) is 11.9. The molecule has 3 aromatic rings. The second kappa shape index (κ2) is 11.8. The Morgan fingerprint density at radius 2 is 1.68 bits per heavy atom. The number of hydrogen-bond donors (Lipinski definition) is 1. The van der Waals surface area contributed by atoms with Gasteiger partial charge in [-0.3, -0.25) is 9.59 Å². The van der Waals surface area contributed by atoms with Gasteiger partial charge in [-0.05, 0) is 60.5 Å². The number of carbonyl (C=O) groups is 2. The summed E-state index contributed by atoms with van der Waals surface area (Å²) in [6.45, 7) is 6.70. The lowest BCUT2D eigenvalue weighted by Gasteiger charge is -2.34. The van der Waals surface area contributed by atoms with Crippen molar-refractivity contribution >= 4 is 34.5 Å². The van der Waals surface area contributed by atoms with Crippen LogP contribution in [0.4, 0.5) is 11.4 Å². The Morgan fingerprint density at radius 3 is 2.26 bits per heavy atom. The molecule has 0 bridgehead atoms. The number of hydrogen-bond acceptors (Lipinski definition) is 4. The Bertz CT molecular complexity index is 1080. The second-order valence-electron chi connectivity index (χ2n) is 8.74. The molecule has 0 saturated carbocycles. The van der Waals surface area contributed by atoms with Crippen LogP contribution in [0.25, 0.3) is 0 Å². The summed E-state index contributed by atoms with van der Waals surface area (Å²) in [6.07, 6.45) is 1.62. The molecular formula is C28H35N3O2S. The topological polar surface area (TPSA) is 52.7 Å². The van der Waals surface area contributed by atoms with E-state index in [0.717, 1.165) is 35.3 Å². The van der Waals surface area contributed by atoms with Gasteiger partial charge in [0.25, 0.3) is 5.91 Å². The molecule has 0 spiro atoms. The standard InChI is InChI=1S/C28H35N3O2S/c1-6-21(7-2)28(33)31(20(3)22-12-9-8-10-13-22)19-23-18-24(15-16-25(23)30(4)5)29-27(32)26-14-11-17-34-26/h8-18,20-21H,6-7,19H2,1-5H3,(H,29,32). The summed E-state index contributed by atoms with van der Waals surface area (Å²) in [5.74, 6) is 0.0240. The normalized spacial score (nSPS) is 11.8. The Kier molecular flexibility index (Phi) is 8.88. The molecule has 0 aliphatic rings. The summed E-state index contributed by atoms with van der Waals surface area (Å²) in [5.41, 5.74) is 3.85. The van der Waals surface area contributed by atoms with E-state index in [2.05, 4.69) is 38.2 Å². The molecule has 0 radical (unpaired) electrons. The van der Waals surface area contributed by atoms with Crippen LogP contribution in [0.3, 0.4) is 0 Å². The first-order valence-corrected chi connectivity index (χ1v) is 12.7. The molecule has 0 aliphatic carbocycles. The number of carbonyl (C=O) groups excluding carboxylic acids is 2. The lowest BCUT2D eigenvalue weighted by Crippen LogP contribution is -2.37. The quantitative estimate of drug-likeness (QED) is 0.358. The summed E-state index contributed by atoms with van der Waals surface area (Å²) < 4.78 is 0. The van der Waals surface area contributed by atoms with Gasteiger partial charge < -0.3 is 15.1 Å². The molecule has 34 heavy (non-hydrogen) atoms. The third-order valence-corrected chi connectivity index (χ3v) is 7.14. The van der Waals surface area contributed by atoms with E-state index in [1.54, 1.807) is 0 Å². The SMILES string of the molecule is CCC(CC)C(=O)N(Cc1cc(NC(=O)c2cccs2)ccc1N(C)C)C(C)c1ccccc1. The van der Waals surface area contributed by atoms with Crippen molar-refractivity contribution in [3.05, 3.63) is 82.0 Å². The fourth-order valence-electron chi connectivity index (χ4n) is 4.20. The minimum absolute atomic E-state index is 0.0179. The molecule has 1 aromatic heterocycles. The average Bonchev–Trinajstić information content (AvgIpc) is 3.38. The van der Waals surface area contributed by atoms with Crippen molar-refractivity contribution in [2.75, 3.05) is 24.3 Å².